The van der Waals surface area contributed by atoms with E-state index >= 15 is 0 Å². The molecule has 0 bridgehead atoms. The normalized spacial score (nSPS) is 15.5. The molecule has 2 nitrogen and oxygen atoms in total. The summed E-state index contributed by atoms with van der Waals surface area (Å²) >= 11 is 5.16. The Hall–Kier alpha value is -1.35. The van der Waals surface area contributed by atoms with Crippen LogP contribution in [-0.4, -0.2) is 17.8 Å². The first-order chi connectivity index (χ1) is 12.9. The summed E-state index contributed by atoms with van der Waals surface area (Å²) in [4.78, 5) is 0. The fourth-order valence-electron chi connectivity index (χ4n) is 2.68. The lowest BCUT2D eigenvalue weighted by Gasteiger charge is -2.07. The molecule has 3 heteroatoms. The molecule has 27 heavy (non-hydrogen) atoms. The van der Waals surface area contributed by atoms with Crippen LogP contribution in [0.1, 0.15) is 86.0 Å². The molecule has 0 aromatic heterocycles. The van der Waals surface area contributed by atoms with Crippen LogP contribution >= 0.6 is 12.2 Å². The van der Waals surface area contributed by atoms with E-state index in [0.29, 0.717) is 17.8 Å². The van der Waals surface area contributed by atoms with Gasteiger partial charge in [-0.15, -0.1) is 0 Å². The molecule has 0 spiro atoms. The molecule has 0 unspecified atom stereocenters. The summed E-state index contributed by atoms with van der Waals surface area (Å²) < 4.78 is 5.53. The van der Waals surface area contributed by atoms with Gasteiger partial charge >= 0.3 is 0 Å². The van der Waals surface area contributed by atoms with Crippen LogP contribution in [0.4, 0.5) is 0 Å². The third-order valence-corrected chi connectivity index (χ3v) is 4.94. The summed E-state index contributed by atoms with van der Waals surface area (Å²) in [5.74, 6) is 0. The average molecular weight is 390 g/mol. The predicted octanol–water partition coefficient (Wildman–Crippen LogP) is 7.19. The number of nitrogens with one attached hydrogen (secondary N) is 1. The van der Waals surface area contributed by atoms with Crippen molar-refractivity contribution < 1.29 is 4.74 Å². The number of hydrogen-bond acceptors (Lipinski definition) is 2. The van der Waals surface area contributed by atoms with Crippen LogP contribution in [0.25, 0.3) is 0 Å². The Morgan fingerprint density at radius 2 is 1.30 bits per heavy atom. The van der Waals surface area contributed by atoms with Gasteiger partial charge in [0.15, 0.2) is 0 Å². The molecule has 0 saturated heterocycles. The van der Waals surface area contributed by atoms with Crippen LogP contribution < -0.4 is 5.32 Å². The Kier molecular flexibility index (Phi) is 12.1. The average Bonchev–Trinajstić information content (AvgIpc) is 3.38. The third-order valence-electron chi connectivity index (χ3n) is 4.70. The summed E-state index contributed by atoms with van der Waals surface area (Å²) in [7, 11) is 0. The molecule has 152 valence electrons. The molecule has 0 aromatic rings. The van der Waals surface area contributed by atoms with E-state index in [2.05, 4.69) is 64.2 Å². The van der Waals surface area contributed by atoms with Gasteiger partial charge in [0.2, 0.25) is 0 Å². The van der Waals surface area contributed by atoms with E-state index < -0.39 is 0 Å². The minimum Gasteiger partial charge on any atom is -0.467 e. The maximum Gasteiger partial charge on any atom is 0.257 e. The van der Waals surface area contributed by atoms with E-state index in [1.165, 1.54) is 41.6 Å². The number of hydrogen-bond donors (Lipinski definition) is 1. The van der Waals surface area contributed by atoms with Crippen LogP contribution in [0.2, 0.25) is 0 Å². The number of allylic oxidation sites excluding steroid dienone is 7. The van der Waals surface area contributed by atoms with Crippen molar-refractivity contribution in [3.05, 3.63) is 46.6 Å². The quantitative estimate of drug-likeness (QED) is 0.282. The van der Waals surface area contributed by atoms with Crippen molar-refractivity contribution in [1.29, 1.82) is 0 Å². The smallest absolute Gasteiger partial charge is 0.257 e. The first-order valence-electron chi connectivity index (χ1n) is 10.4. The molecule has 1 N–H and O–H groups in total. The number of ether oxygens (including phenoxy) is 1. The number of rotatable bonds is 12. The molecule has 0 radical (unpaired) electrons. The maximum absolute atomic E-state index is 5.53. The topological polar surface area (TPSA) is 21.3 Å². The van der Waals surface area contributed by atoms with Gasteiger partial charge in [-0.25, -0.2) is 0 Å². The molecule has 0 atom stereocenters. The Morgan fingerprint density at radius 1 is 0.815 bits per heavy atom. The van der Waals surface area contributed by atoms with Crippen molar-refractivity contribution in [2.24, 2.45) is 0 Å². The molecule has 1 rings (SSSR count). The van der Waals surface area contributed by atoms with Gasteiger partial charge in [0.05, 0.1) is 0 Å². The van der Waals surface area contributed by atoms with Gasteiger partial charge in [0.1, 0.15) is 6.61 Å². The molecule has 0 amide bonds. The fraction of sp³-hybridized carbons (Fsp3) is 0.625. The Balaban J connectivity index is 2.14. The van der Waals surface area contributed by atoms with Gasteiger partial charge in [0, 0.05) is 6.04 Å². The lowest BCUT2D eigenvalue weighted by molar-refractivity contribution is 0.340. The zero-order valence-electron chi connectivity index (χ0n) is 18.1. The Labute approximate surface area is 172 Å². The molecule has 1 fully saturated rings. The zero-order valence-corrected chi connectivity index (χ0v) is 18.9. The SMILES string of the molecule is CC(C)=CCC/C(C)=C/CC/C(C)=C/CC/C(C)=C/COC(=S)NC1CC1. The van der Waals surface area contributed by atoms with Gasteiger partial charge in [-0.2, -0.15) is 0 Å². The second-order valence-corrected chi connectivity index (χ2v) is 8.44. The number of thiocarbonyl (C=S) groups is 1. The summed E-state index contributed by atoms with van der Waals surface area (Å²) in [5, 5.41) is 3.74. The molecule has 0 aromatic carbocycles. The van der Waals surface area contributed by atoms with E-state index in [-0.39, 0.29) is 0 Å². The summed E-state index contributed by atoms with van der Waals surface area (Å²) in [5.41, 5.74) is 5.77. The monoisotopic (exact) mass is 389 g/mol. The van der Waals surface area contributed by atoms with Gasteiger partial charge in [-0.05, 0) is 104 Å². The van der Waals surface area contributed by atoms with Crippen LogP contribution in [0.3, 0.4) is 0 Å². The minimum atomic E-state index is 0.543. The lowest BCUT2D eigenvalue weighted by Crippen LogP contribution is -2.25. The van der Waals surface area contributed by atoms with E-state index in [0.717, 1.165) is 32.1 Å². The standard InChI is InChI=1S/C24H39NOS/c1-19(2)9-6-10-20(3)11-7-12-21(4)13-8-14-22(5)17-18-26-24(27)25-23-15-16-23/h9,11,13,17,23H,6-8,10,12,14-16,18H2,1-5H3,(H,25,27)/b20-11+,21-13+,22-17+. The molecule has 1 aliphatic rings. The highest BCUT2D eigenvalue weighted by atomic mass is 32.1. The van der Waals surface area contributed by atoms with Crippen molar-refractivity contribution >= 4 is 17.4 Å². The van der Waals surface area contributed by atoms with Gasteiger partial charge in [-0.1, -0.05) is 40.5 Å². The first-order valence-corrected chi connectivity index (χ1v) is 10.8. The first kappa shape index (κ1) is 23.7. The molecule has 0 aliphatic heterocycles. The largest absolute Gasteiger partial charge is 0.467 e. The van der Waals surface area contributed by atoms with Crippen molar-refractivity contribution in [2.75, 3.05) is 6.61 Å². The van der Waals surface area contributed by atoms with Crippen molar-refractivity contribution in [3.63, 3.8) is 0 Å². The third kappa shape index (κ3) is 14.4. The van der Waals surface area contributed by atoms with E-state index in [1.807, 2.05) is 0 Å². The minimum absolute atomic E-state index is 0.543. The van der Waals surface area contributed by atoms with E-state index in [1.54, 1.807) is 0 Å². The van der Waals surface area contributed by atoms with Gasteiger partial charge in [-0.3, -0.25) is 0 Å². The van der Waals surface area contributed by atoms with Crippen LogP contribution in [0.5, 0.6) is 0 Å². The van der Waals surface area contributed by atoms with Crippen molar-refractivity contribution in [2.45, 2.75) is 92.0 Å². The summed E-state index contributed by atoms with van der Waals surface area (Å²) in [6.45, 7) is 11.6. The highest BCUT2D eigenvalue weighted by Crippen LogP contribution is 2.18. The Bertz CT molecular complexity index is 575. The second kappa shape index (κ2) is 13.8. The fourth-order valence-corrected chi connectivity index (χ4v) is 2.92. The maximum atomic E-state index is 5.53. The summed E-state index contributed by atoms with van der Waals surface area (Å²) in [6.07, 6.45) is 18.5. The molecule has 1 saturated carbocycles. The predicted molar refractivity (Wildman–Crippen MR) is 123 cm³/mol. The van der Waals surface area contributed by atoms with Gasteiger partial charge in [0.25, 0.3) is 5.17 Å². The van der Waals surface area contributed by atoms with Crippen LogP contribution in [0, 0.1) is 0 Å². The van der Waals surface area contributed by atoms with Crippen LogP contribution in [-0.2, 0) is 4.74 Å². The molecule has 0 heterocycles. The molecular weight excluding hydrogens is 350 g/mol. The van der Waals surface area contributed by atoms with E-state index in [9.17, 15) is 0 Å². The lowest BCUT2D eigenvalue weighted by atomic mass is 10.0. The van der Waals surface area contributed by atoms with E-state index in [4.69, 9.17) is 17.0 Å². The van der Waals surface area contributed by atoms with Crippen molar-refractivity contribution in [3.8, 4) is 0 Å². The molecular formula is C24H39NOS. The van der Waals surface area contributed by atoms with Gasteiger partial charge < -0.3 is 10.1 Å². The summed E-state index contributed by atoms with van der Waals surface area (Å²) in [6, 6.07) is 0.562. The second-order valence-electron chi connectivity index (χ2n) is 8.07. The van der Waals surface area contributed by atoms with Crippen molar-refractivity contribution in [1.82, 2.24) is 5.32 Å². The zero-order chi connectivity index (χ0) is 20.1. The molecule has 1 aliphatic carbocycles. The Morgan fingerprint density at radius 3 is 1.78 bits per heavy atom. The highest BCUT2D eigenvalue weighted by molar-refractivity contribution is 7.80. The highest BCUT2D eigenvalue weighted by Gasteiger charge is 2.22. The van der Waals surface area contributed by atoms with Crippen LogP contribution in [0.15, 0.2) is 46.6 Å².